The molecule has 16 heavy (non-hydrogen) atoms. The van der Waals surface area contributed by atoms with Crippen molar-refractivity contribution in [2.24, 2.45) is 0 Å². The fraction of sp³-hybridized carbons (Fsp3) is 1.00. The van der Waals surface area contributed by atoms with Crippen molar-refractivity contribution in [3.63, 3.8) is 0 Å². The Morgan fingerprint density at radius 1 is 1.12 bits per heavy atom. The van der Waals surface area contributed by atoms with Crippen molar-refractivity contribution in [3.8, 4) is 0 Å². The average molecular weight is 231 g/mol. The highest BCUT2D eigenvalue weighted by Crippen LogP contribution is 2.02. The molecule has 0 aliphatic heterocycles. The van der Waals surface area contributed by atoms with E-state index in [1.807, 2.05) is 0 Å². The van der Waals surface area contributed by atoms with Crippen molar-refractivity contribution in [2.45, 2.75) is 65.0 Å². The summed E-state index contributed by atoms with van der Waals surface area (Å²) >= 11 is 0. The van der Waals surface area contributed by atoms with Crippen LogP contribution in [0.15, 0.2) is 0 Å². The molecule has 0 heterocycles. The van der Waals surface area contributed by atoms with Crippen molar-refractivity contribution < 1.29 is 9.84 Å². The van der Waals surface area contributed by atoms with Gasteiger partial charge in [-0.1, -0.05) is 46.5 Å². The number of unbranched alkanes of at least 4 members (excludes halogenated alkanes) is 4. The summed E-state index contributed by atoms with van der Waals surface area (Å²) in [5.41, 5.74) is 0. The number of aliphatic hydroxyl groups excluding tert-OH is 1. The van der Waals surface area contributed by atoms with Gasteiger partial charge in [0.05, 0.1) is 19.3 Å². The minimum atomic E-state index is 0.0793. The van der Waals surface area contributed by atoms with E-state index in [9.17, 15) is 0 Å². The Morgan fingerprint density at radius 3 is 2.38 bits per heavy atom. The summed E-state index contributed by atoms with van der Waals surface area (Å²) in [6, 6.07) is 0.473. The van der Waals surface area contributed by atoms with Crippen LogP contribution in [0.3, 0.4) is 0 Å². The second-order valence-corrected chi connectivity index (χ2v) is 4.69. The molecule has 3 heteroatoms. The molecule has 0 bridgehead atoms. The van der Waals surface area contributed by atoms with Crippen LogP contribution in [-0.2, 0) is 4.74 Å². The number of aliphatic hydroxyl groups is 1. The molecule has 1 atom stereocenters. The predicted octanol–water partition coefficient (Wildman–Crippen LogP) is 2.33. The highest BCUT2D eigenvalue weighted by molar-refractivity contribution is 4.66. The Kier molecular flexibility index (Phi) is 11.3. The van der Waals surface area contributed by atoms with Crippen LogP contribution < -0.4 is 5.32 Å². The molecule has 0 radical (unpaired) electrons. The molecule has 0 saturated heterocycles. The van der Waals surface area contributed by atoms with Crippen molar-refractivity contribution in [2.75, 3.05) is 19.8 Å². The van der Waals surface area contributed by atoms with Crippen molar-refractivity contribution in [1.29, 1.82) is 0 Å². The first kappa shape index (κ1) is 15.9. The Bertz CT molecular complexity index is 140. The van der Waals surface area contributed by atoms with Crippen LogP contribution in [-0.4, -0.2) is 37.0 Å². The van der Waals surface area contributed by atoms with Gasteiger partial charge in [0.1, 0.15) is 0 Å². The average Bonchev–Trinajstić information content (AvgIpc) is 2.25. The normalized spacial score (nSPS) is 13.3. The maximum atomic E-state index is 9.11. The van der Waals surface area contributed by atoms with Gasteiger partial charge in [0, 0.05) is 12.6 Å². The van der Waals surface area contributed by atoms with Crippen molar-refractivity contribution >= 4 is 0 Å². The summed E-state index contributed by atoms with van der Waals surface area (Å²) in [5.74, 6) is 0. The van der Waals surface area contributed by atoms with Gasteiger partial charge in [-0.25, -0.2) is 0 Å². The third-order valence-corrected chi connectivity index (χ3v) is 2.50. The number of nitrogens with one attached hydrogen (secondary N) is 1. The lowest BCUT2D eigenvalue weighted by atomic mass is 10.2. The Balaban J connectivity index is 3.27. The Hall–Kier alpha value is -0.120. The molecular formula is C13H29NO2. The third kappa shape index (κ3) is 10.4. The Morgan fingerprint density at radius 2 is 1.81 bits per heavy atom. The second-order valence-electron chi connectivity index (χ2n) is 4.69. The van der Waals surface area contributed by atoms with Crippen molar-refractivity contribution in [3.05, 3.63) is 0 Å². The molecule has 0 saturated carbocycles. The van der Waals surface area contributed by atoms with E-state index in [4.69, 9.17) is 9.84 Å². The molecule has 0 aromatic rings. The topological polar surface area (TPSA) is 41.5 Å². The fourth-order valence-corrected chi connectivity index (χ4v) is 1.66. The molecule has 3 nitrogen and oxygen atoms in total. The highest BCUT2D eigenvalue weighted by Gasteiger charge is 2.07. The molecule has 0 fully saturated rings. The smallest absolute Gasteiger partial charge is 0.0642 e. The zero-order valence-electron chi connectivity index (χ0n) is 11.2. The van der Waals surface area contributed by atoms with Gasteiger partial charge >= 0.3 is 0 Å². The van der Waals surface area contributed by atoms with Crippen LogP contribution in [0.5, 0.6) is 0 Å². The van der Waals surface area contributed by atoms with E-state index >= 15 is 0 Å². The first-order valence-electron chi connectivity index (χ1n) is 6.65. The van der Waals surface area contributed by atoms with E-state index in [2.05, 4.69) is 26.1 Å². The van der Waals surface area contributed by atoms with Crippen LogP contribution in [0.4, 0.5) is 0 Å². The van der Waals surface area contributed by atoms with Crippen LogP contribution in [0.25, 0.3) is 0 Å². The maximum absolute atomic E-state index is 9.11. The van der Waals surface area contributed by atoms with E-state index in [1.54, 1.807) is 0 Å². The summed E-state index contributed by atoms with van der Waals surface area (Å²) < 4.78 is 5.55. The quantitative estimate of drug-likeness (QED) is 0.536. The zero-order valence-corrected chi connectivity index (χ0v) is 11.2. The monoisotopic (exact) mass is 231 g/mol. The standard InChI is InChI=1S/C13H29NO2/c1-4-5-6-7-8-9-16-11-13(10-15)14-12(2)3/h12-15H,4-11H2,1-3H3. The van der Waals surface area contributed by atoms with Crippen LogP contribution in [0.2, 0.25) is 0 Å². The lowest BCUT2D eigenvalue weighted by Gasteiger charge is -2.18. The molecule has 0 amide bonds. The molecular weight excluding hydrogens is 202 g/mol. The van der Waals surface area contributed by atoms with E-state index in [-0.39, 0.29) is 12.6 Å². The minimum absolute atomic E-state index is 0.0793. The molecule has 0 aromatic carbocycles. The van der Waals surface area contributed by atoms with Gasteiger partial charge < -0.3 is 15.2 Å². The molecule has 0 aliphatic carbocycles. The first-order chi connectivity index (χ1) is 7.70. The third-order valence-electron chi connectivity index (χ3n) is 2.50. The SMILES string of the molecule is CCCCCCCOCC(CO)NC(C)C. The highest BCUT2D eigenvalue weighted by atomic mass is 16.5. The van der Waals surface area contributed by atoms with Gasteiger partial charge in [-0.3, -0.25) is 0 Å². The largest absolute Gasteiger partial charge is 0.395 e. The first-order valence-corrected chi connectivity index (χ1v) is 6.65. The van der Waals surface area contributed by atoms with Gasteiger partial charge in [-0.2, -0.15) is 0 Å². The molecule has 0 rings (SSSR count). The van der Waals surface area contributed by atoms with Gasteiger partial charge in [-0.15, -0.1) is 0 Å². The molecule has 0 spiro atoms. The number of hydrogen-bond acceptors (Lipinski definition) is 3. The molecule has 1 unspecified atom stereocenters. The summed E-state index contributed by atoms with van der Waals surface area (Å²) in [7, 11) is 0. The van der Waals surface area contributed by atoms with Gasteiger partial charge in [0.15, 0.2) is 0 Å². The summed E-state index contributed by atoms with van der Waals surface area (Å²) in [4.78, 5) is 0. The maximum Gasteiger partial charge on any atom is 0.0642 e. The molecule has 0 aliphatic rings. The van der Waals surface area contributed by atoms with Crippen LogP contribution in [0.1, 0.15) is 52.9 Å². The molecule has 2 N–H and O–H groups in total. The summed E-state index contributed by atoms with van der Waals surface area (Å²) in [5, 5.41) is 12.4. The number of rotatable bonds is 11. The second kappa shape index (κ2) is 11.4. The van der Waals surface area contributed by atoms with E-state index in [1.165, 1.54) is 25.7 Å². The fourth-order valence-electron chi connectivity index (χ4n) is 1.66. The van der Waals surface area contributed by atoms with Crippen LogP contribution >= 0.6 is 0 Å². The number of hydrogen-bond donors (Lipinski definition) is 2. The predicted molar refractivity (Wildman–Crippen MR) is 68.7 cm³/mol. The van der Waals surface area contributed by atoms with Crippen molar-refractivity contribution in [1.82, 2.24) is 5.32 Å². The lowest BCUT2D eigenvalue weighted by molar-refractivity contribution is 0.0832. The number of ether oxygens (including phenoxy) is 1. The lowest BCUT2D eigenvalue weighted by Crippen LogP contribution is -2.40. The zero-order chi connectivity index (χ0) is 12.2. The summed E-state index contributed by atoms with van der Waals surface area (Å²) in [6.07, 6.45) is 6.32. The molecule has 98 valence electrons. The van der Waals surface area contributed by atoms with E-state index in [0.717, 1.165) is 13.0 Å². The van der Waals surface area contributed by atoms with E-state index < -0.39 is 0 Å². The van der Waals surface area contributed by atoms with Crippen LogP contribution in [0, 0.1) is 0 Å². The van der Waals surface area contributed by atoms with Gasteiger partial charge in [0.2, 0.25) is 0 Å². The summed E-state index contributed by atoms with van der Waals surface area (Å²) in [6.45, 7) is 7.96. The van der Waals surface area contributed by atoms with Gasteiger partial charge in [0.25, 0.3) is 0 Å². The van der Waals surface area contributed by atoms with E-state index in [0.29, 0.717) is 12.6 Å². The molecule has 0 aromatic heterocycles. The van der Waals surface area contributed by atoms with Gasteiger partial charge in [-0.05, 0) is 6.42 Å². The Labute approximate surface area is 101 Å². The minimum Gasteiger partial charge on any atom is -0.395 e.